The number of carbonyl (C=O) groups is 1. The zero-order valence-electron chi connectivity index (χ0n) is 9.81. The average molecular weight is 238 g/mol. The largest absolute Gasteiger partial charge is 0.394 e. The molecule has 0 spiro atoms. The third-order valence-corrected chi connectivity index (χ3v) is 2.21. The molecule has 0 aromatic heterocycles. The average Bonchev–Trinajstić information content (AvgIpc) is 2.32. The molecule has 5 nitrogen and oxygen atoms in total. The molecule has 1 rings (SSSR count). The summed E-state index contributed by atoms with van der Waals surface area (Å²) in [6.07, 6.45) is -0.831. The fourth-order valence-corrected chi connectivity index (χ4v) is 1.26. The zero-order chi connectivity index (χ0) is 12.7. The zero-order valence-corrected chi connectivity index (χ0v) is 9.81. The molecule has 17 heavy (non-hydrogen) atoms. The monoisotopic (exact) mass is 238 g/mol. The molecule has 0 aliphatic carbocycles. The van der Waals surface area contributed by atoms with E-state index in [1.165, 1.54) is 0 Å². The summed E-state index contributed by atoms with van der Waals surface area (Å²) in [5.74, 6) is -0.181. The third kappa shape index (κ3) is 5.44. The second kappa shape index (κ2) is 7.01. The summed E-state index contributed by atoms with van der Waals surface area (Å²) >= 11 is 0. The fourth-order valence-electron chi connectivity index (χ4n) is 1.26. The van der Waals surface area contributed by atoms with Crippen molar-refractivity contribution >= 4 is 11.6 Å². The van der Waals surface area contributed by atoms with Crippen LogP contribution in [-0.4, -0.2) is 41.9 Å². The number of hydrogen-bond acceptors (Lipinski definition) is 4. The first-order valence-electron chi connectivity index (χ1n) is 5.48. The molecule has 5 heteroatoms. The Bertz CT molecular complexity index is 351. The fraction of sp³-hybridized carbons (Fsp3) is 0.417. The number of anilines is 1. The van der Waals surface area contributed by atoms with Crippen molar-refractivity contribution < 1.29 is 15.0 Å². The van der Waals surface area contributed by atoms with Gasteiger partial charge in [0.2, 0.25) is 5.91 Å². The standard InChI is InChI=1S/C12H18N2O3/c1-9-2-4-10(5-3-9)14-12(17)7-13-6-11(16)8-15/h2-5,11,13,15-16H,6-8H2,1H3,(H,14,17). The van der Waals surface area contributed by atoms with Crippen LogP contribution < -0.4 is 10.6 Å². The van der Waals surface area contributed by atoms with Crippen molar-refractivity contribution in [3.05, 3.63) is 29.8 Å². The van der Waals surface area contributed by atoms with Gasteiger partial charge in [0.05, 0.1) is 19.3 Å². The molecule has 94 valence electrons. The number of benzene rings is 1. The maximum atomic E-state index is 11.4. The van der Waals surface area contributed by atoms with Gasteiger partial charge in [0.15, 0.2) is 0 Å². The van der Waals surface area contributed by atoms with Crippen molar-refractivity contribution in [2.75, 3.05) is 25.0 Å². The van der Waals surface area contributed by atoms with Crippen molar-refractivity contribution in [3.63, 3.8) is 0 Å². The first-order valence-corrected chi connectivity index (χ1v) is 5.48. The minimum atomic E-state index is -0.831. The number of carbonyl (C=O) groups excluding carboxylic acids is 1. The van der Waals surface area contributed by atoms with Crippen LogP contribution in [0.5, 0.6) is 0 Å². The van der Waals surface area contributed by atoms with E-state index >= 15 is 0 Å². The van der Waals surface area contributed by atoms with Crippen LogP contribution in [0.1, 0.15) is 5.56 Å². The van der Waals surface area contributed by atoms with E-state index in [2.05, 4.69) is 10.6 Å². The second-order valence-corrected chi connectivity index (χ2v) is 3.88. The van der Waals surface area contributed by atoms with Crippen LogP contribution in [0.3, 0.4) is 0 Å². The molecule has 1 aromatic rings. The maximum Gasteiger partial charge on any atom is 0.238 e. The molecule has 1 amide bonds. The molecule has 0 aliphatic rings. The summed E-state index contributed by atoms with van der Waals surface area (Å²) in [6.45, 7) is 1.96. The van der Waals surface area contributed by atoms with Crippen LogP contribution in [0.15, 0.2) is 24.3 Å². The van der Waals surface area contributed by atoms with Crippen LogP contribution in [0.2, 0.25) is 0 Å². The number of aliphatic hydroxyl groups excluding tert-OH is 2. The summed E-state index contributed by atoms with van der Waals surface area (Å²) in [5.41, 5.74) is 1.87. The van der Waals surface area contributed by atoms with E-state index in [-0.39, 0.29) is 25.6 Å². The molecule has 0 saturated carbocycles. The lowest BCUT2D eigenvalue weighted by Gasteiger charge is -2.09. The van der Waals surface area contributed by atoms with Gasteiger partial charge in [0.25, 0.3) is 0 Å². The quantitative estimate of drug-likeness (QED) is 0.557. The van der Waals surface area contributed by atoms with Crippen molar-refractivity contribution in [1.82, 2.24) is 5.32 Å². The van der Waals surface area contributed by atoms with Crippen LogP contribution in [0.25, 0.3) is 0 Å². The Balaban J connectivity index is 2.27. The van der Waals surface area contributed by atoms with Gasteiger partial charge in [0.1, 0.15) is 0 Å². The summed E-state index contributed by atoms with van der Waals surface area (Å²) in [4.78, 5) is 11.4. The highest BCUT2D eigenvalue weighted by molar-refractivity contribution is 5.92. The highest BCUT2D eigenvalue weighted by atomic mass is 16.3. The van der Waals surface area contributed by atoms with Gasteiger partial charge in [-0.2, -0.15) is 0 Å². The van der Waals surface area contributed by atoms with Gasteiger partial charge in [0, 0.05) is 12.2 Å². The first-order chi connectivity index (χ1) is 8.11. The number of aryl methyl sites for hydroxylation is 1. The van der Waals surface area contributed by atoms with E-state index in [0.29, 0.717) is 0 Å². The van der Waals surface area contributed by atoms with Crippen molar-refractivity contribution in [1.29, 1.82) is 0 Å². The smallest absolute Gasteiger partial charge is 0.238 e. The van der Waals surface area contributed by atoms with E-state index in [1.54, 1.807) is 0 Å². The van der Waals surface area contributed by atoms with E-state index in [1.807, 2.05) is 31.2 Å². The Morgan fingerprint density at radius 1 is 1.35 bits per heavy atom. The minimum Gasteiger partial charge on any atom is -0.394 e. The molecule has 0 bridgehead atoms. The van der Waals surface area contributed by atoms with Gasteiger partial charge < -0.3 is 20.8 Å². The van der Waals surface area contributed by atoms with Crippen LogP contribution in [-0.2, 0) is 4.79 Å². The van der Waals surface area contributed by atoms with Crippen LogP contribution in [0, 0.1) is 6.92 Å². The SMILES string of the molecule is Cc1ccc(NC(=O)CNCC(O)CO)cc1. The summed E-state index contributed by atoms with van der Waals surface area (Å²) in [5, 5.41) is 23.1. The molecule has 4 N–H and O–H groups in total. The van der Waals surface area contributed by atoms with Gasteiger partial charge in [-0.05, 0) is 19.1 Å². The number of amides is 1. The van der Waals surface area contributed by atoms with Crippen molar-refractivity contribution in [2.24, 2.45) is 0 Å². The highest BCUT2D eigenvalue weighted by Gasteiger charge is 2.04. The Morgan fingerprint density at radius 2 is 2.00 bits per heavy atom. The van der Waals surface area contributed by atoms with Gasteiger partial charge in [-0.1, -0.05) is 17.7 Å². The van der Waals surface area contributed by atoms with Crippen molar-refractivity contribution in [2.45, 2.75) is 13.0 Å². The normalized spacial score (nSPS) is 12.2. The maximum absolute atomic E-state index is 11.4. The number of nitrogens with one attached hydrogen (secondary N) is 2. The van der Waals surface area contributed by atoms with Gasteiger partial charge >= 0.3 is 0 Å². The summed E-state index contributed by atoms with van der Waals surface area (Å²) < 4.78 is 0. The van der Waals surface area contributed by atoms with Crippen LogP contribution >= 0.6 is 0 Å². The molecule has 0 radical (unpaired) electrons. The van der Waals surface area contributed by atoms with E-state index < -0.39 is 6.10 Å². The lowest BCUT2D eigenvalue weighted by atomic mass is 10.2. The molecule has 1 atom stereocenters. The number of aliphatic hydroxyl groups is 2. The minimum absolute atomic E-state index is 0.102. The molecule has 0 fully saturated rings. The second-order valence-electron chi connectivity index (χ2n) is 3.88. The lowest BCUT2D eigenvalue weighted by Crippen LogP contribution is -2.35. The van der Waals surface area contributed by atoms with Crippen molar-refractivity contribution in [3.8, 4) is 0 Å². The first kappa shape index (κ1) is 13.6. The molecule has 0 saturated heterocycles. The summed E-state index contributed by atoms with van der Waals surface area (Å²) in [6, 6.07) is 7.49. The predicted molar refractivity (Wildman–Crippen MR) is 65.8 cm³/mol. The Hall–Kier alpha value is -1.43. The third-order valence-electron chi connectivity index (χ3n) is 2.21. The van der Waals surface area contributed by atoms with E-state index in [9.17, 15) is 4.79 Å². The Kier molecular flexibility index (Phi) is 5.62. The van der Waals surface area contributed by atoms with E-state index in [4.69, 9.17) is 10.2 Å². The molecule has 1 aromatic carbocycles. The molecule has 1 unspecified atom stereocenters. The molecular weight excluding hydrogens is 220 g/mol. The highest BCUT2D eigenvalue weighted by Crippen LogP contribution is 2.07. The topological polar surface area (TPSA) is 81.6 Å². The Labute approximate surface area is 100 Å². The number of rotatable bonds is 6. The van der Waals surface area contributed by atoms with Crippen LogP contribution in [0.4, 0.5) is 5.69 Å². The summed E-state index contributed by atoms with van der Waals surface area (Å²) in [7, 11) is 0. The van der Waals surface area contributed by atoms with Gasteiger partial charge in [-0.25, -0.2) is 0 Å². The molecular formula is C12H18N2O3. The predicted octanol–water partition coefficient (Wildman–Crippen LogP) is -0.124. The van der Waals surface area contributed by atoms with E-state index in [0.717, 1.165) is 11.3 Å². The van der Waals surface area contributed by atoms with Gasteiger partial charge in [-0.15, -0.1) is 0 Å². The Morgan fingerprint density at radius 3 is 2.59 bits per heavy atom. The number of hydrogen-bond donors (Lipinski definition) is 4. The van der Waals surface area contributed by atoms with Gasteiger partial charge in [-0.3, -0.25) is 4.79 Å². The molecule has 0 heterocycles. The molecule has 0 aliphatic heterocycles. The lowest BCUT2D eigenvalue weighted by molar-refractivity contribution is -0.115.